The number of nitrogens with zero attached hydrogens (tertiary/aromatic N) is 1. The average Bonchev–Trinajstić information content (AvgIpc) is 2.23. The molecule has 0 fully saturated rings. The molecule has 0 aliphatic rings. The minimum absolute atomic E-state index is 0.0193. The molecule has 0 radical (unpaired) electrons. The molecule has 0 saturated heterocycles. The Bertz CT molecular complexity index is 353. The normalized spacial score (nSPS) is 11.2. The summed E-state index contributed by atoms with van der Waals surface area (Å²) in [5.41, 5.74) is 4.02. The summed E-state index contributed by atoms with van der Waals surface area (Å²) in [7, 11) is 0. The highest BCUT2D eigenvalue weighted by atomic mass is 16.4. The van der Waals surface area contributed by atoms with Crippen LogP contribution < -0.4 is 11.1 Å². The van der Waals surface area contributed by atoms with E-state index in [1.165, 1.54) is 18.7 Å². The second-order valence-electron chi connectivity index (χ2n) is 5.59. The average molecular weight is 273 g/mol. The number of carboxylic acids is 1. The Labute approximate surface area is 113 Å². The SMILES string of the molecule is CC(C)CN(CC(N)=O)C(=O)NCC(C)(C)C(=O)O. The van der Waals surface area contributed by atoms with Gasteiger partial charge in [-0.05, 0) is 19.8 Å². The van der Waals surface area contributed by atoms with E-state index in [-0.39, 0.29) is 19.0 Å². The van der Waals surface area contributed by atoms with Gasteiger partial charge in [0.25, 0.3) is 0 Å². The van der Waals surface area contributed by atoms with Crippen LogP contribution >= 0.6 is 0 Å². The fourth-order valence-electron chi connectivity index (χ4n) is 1.33. The van der Waals surface area contributed by atoms with Crippen molar-refractivity contribution in [1.82, 2.24) is 10.2 Å². The number of rotatable bonds is 7. The highest BCUT2D eigenvalue weighted by Gasteiger charge is 2.28. The summed E-state index contributed by atoms with van der Waals surface area (Å²) < 4.78 is 0. The molecular weight excluding hydrogens is 250 g/mol. The lowest BCUT2D eigenvalue weighted by Gasteiger charge is -2.26. The number of carbonyl (C=O) groups is 3. The van der Waals surface area contributed by atoms with Crippen LogP contribution in [0.1, 0.15) is 27.7 Å². The lowest BCUT2D eigenvalue weighted by Crippen LogP contribution is -2.49. The third kappa shape index (κ3) is 6.64. The van der Waals surface area contributed by atoms with Crippen molar-refractivity contribution in [2.45, 2.75) is 27.7 Å². The molecule has 0 heterocycles. The van der Waals surface area contributed by atoms with Gasteiger partial charge in [0.1, 0.15) is 6.54 Å². The second-order valence-corrected chi connectivity index (χ2v) is 5.59. The number of hydrogen-bond donors (Lipinski definition) is 3. The van der Waals surface area contributed by atoms with Crippen molar-refractivity contribution in [2.75, 3.05) is 19.6 Å². The number of hydrogen-bond acceptors (Lipinski definition) is 3. The summed E-state index contributed by atoms with van der Waals surface area (Å²) in [5, 5.41) is 11.5. The molecule has 0 aliphatic heterocycles. The van der Waals surface area contributed by atoms with E-state index in [2.05, 4.69) is 5.32 Å². The summed E-state index contributed by atoms with van der Waals surface area (Å²) in [6, 6.07) is -0.484. The molecule has 0 spiro atoms. The van der Waals surface area contributed by atoms with Gasteiger partial charge in [0, 0.05) is 13.1 Å². The van der Waals surface area contributed by atoms with Crippen molar-refractivity contribution in [3.8, 4) is 0 Å². The molecule has 0 atom stereocenters. The quantitative estimate of drug-likeness (QED) is 0.617. The molecule has 4 N–H and O–H groups in total. The Balaban J connectivity index is 4.56. The smallest absolute Gasteiger partial charge is 0.317 e. The fourth-order valence-corrected chi connectivity index (χ4v) is 1.33. The van der Waals surface area contributed by atoms with E-state index < -0.39 is 23.3 Å². The molecule has 0 rings (SSSR count). The molecule has 7 nitrogen and oxygen atoms in total. The maximum Gasteiger partial charge on any atom is 0.317 e. The van der Waals surface area contributed by atoms with Crippen molar-refractivity contribution in [2.24, 2.45) is 17.1 Å². The van der Waals surface area contributed by atoms with Gasteiger partial charge >= 0.3 is 12.0 Å². The van der Waals surface area contributed by atoms with Crippen molar-refractivity contribution < 1.29 is 19.5 Å². The summed E-state index contributed by atoms with van der Waals surface area (Å²) in [6.45, 7) is 7.01. The van der Waals surface area contributed by atoms with Gasteiger partial charge in [-0.2, -0.15) is 0 Å². The van der Waals surface area contributed by atoms with Crippen LogP contribution in [0.4, 0.5) is 4.79 Å². The Hall–Kier alpha value is -1.79. The van der Waals surface area contributed by atoms with Crippen LogP contribution in [0.25, 0.3) is 0 Å². The van der Waals surface area contributed by atoms with Crippen LogP contribution in [-0.4, -0.2) is 47.5 Å². The molecular formula is C12H23N3O4. The summed E-state index contributed by atoms with van der Waals surface area (Å²) in [5.74, 6) is -1.43. The Morgan fingerprint density at radius 2 is 1.84 bits per heavy atom. The van der Waals surface area contributed by atoms with Crippen LogP contribution in [0, 0.1) is 11.3 Å². The Morgan fingerprint density at radius 3 is 2.21 bits per heavy atom. The number of carboxylic acid groups (broad SMARTS) is 1. The van der Waals surface area contributed by atoms with E-state index >= 15 is 0 Å². The molecule has 0 aromatic heterocycles. The van der Waals surface area contributed by atoms with Gasteiger partial charge in [0.15, 0.2) is 0 Å². The van der Waals surface area contributed by atoms with Crippen LogP contribution in [-0.2, 0) is 9.59 Å². The molecule has 0 aromatic rings. The van der Waals surface area contributed by atoms with Crippen molar-refractivity contribution in [3.63, 3.8) is 0 Å². The fraction of sp³-hybridized carbons (Fsp3) is 0.750. The van der Waals surface area contributed by atoms with E-state index in [0.29, 0.717) is 6.54 Å². The number of carbonyl (C=O) groups excluding carboxylic acids is 2. The molecule has 3 amide bonds. The molecule has 0 aromatic carbocycles. The lowest BCUT2D eigenvalue weighted by atomic mass is 9.94. The van der Waals surface area contributed by atoms with Crippen molar-refractivity contribution >= 4 is 17.9 Å². The maximum atomic E-state index is 11.9. The number of urea groups is 1. The summed E-state index contributed by atoms with van der Waals surface area (Å²) in [4.78, 5) is 35.0. The first kappa shape index (κ1) is 17.2. The predicted molar refractivity (Wildman–Crippen MR) is 70.4 cm³/mol. The van der Waals surface area contributed by atoms with E-state index in [9.17, 15) is 14.4 Å². The van der Waals surface area contributed by atoms with Crippen LogP contribution in [0.5, 0.6) is 0 Å². The molecule has 0 bridgehead atoms. The van der Waals surface area contributed by atoms with Gasteiger partial charge in [-0.3, -0.25) is 9.59 Å². The molecule has 19 heavy (non-hydrogen) atoms. The Kier molecular flexibility index (Phi) is 6.31. The zero-order chi connectivity index (χ0) is 15.2. The standard InChI is InChI=1S/C12H23N3O4/c1-8(2)5-15(6-9(13)16)11(19)14-7-12(3,4)10(17)18/h8H,5-7H2,1-4H3,(H2,13,16)(H,14,19)(H,17,18). The first-order valence-corrected chi connectivity index (χ1v) is 6.10. The minimum Gasteiger partial charge on any atom is -0.481 e. The molecule has 7 heteroatoms. The second kappa shape index (κ2) is 6.96. The highest BCUT2D eigenvalue weighted by molar-refractivity contribution is 5.83. The van der Waals surface area contributed by atoms with Crippen molar-refractivity contribution in [1.29, 1.82) is 0 Å². The summed E-state index contributed by atoms with van der Waals surface area (Å²) >= 11 is 0. The lowest BCUT2D eigenvalue weighted by molar-refractivity contribution is -0.146. The first-order valence-electron chi connectivity index (χ1n) is 6.10. The Morgan fingerprint density at radius 1 is 1.32 bits per heavy atom. The van der Waals surface area contributed by atoms with E-state index in [1.807, 2.05) is 13.8 Å². The van der Waals surface area contributed by atoms with E-state index in [0.717, 1.165) is 0 Å². The van der Waals surface area contributed by atoms with Gasteiger partial charge in [-0.1, -0.05) is 13.8 Å². The van der Waals surface area contributed by atoms with Gasteiger partial charge in [0.05, 0.1) is 5.41 Å². The number of amides is 3. The number of primary amides is 1. The van der Waals surface area contributed by atoms with Crippen LogP contribution in [0.15, 0.2) is 0 Å². The molecule has 0 aliphatic carbocycles. The molecule has 0 saturated carbocycles. The first-order chi connectivity index (χ1) is 8.56. The third-order valence-corrected chi connectivity index (χ3v) is 2.48. The summed E-state index contributed by atoms with van der Waals surface area (Å²) in [6.07, 6.45) is 0. The largest absolute Gasteiger partial charge is 0.481 e. The minimum atomic E-state index is -1.06. The van der Waals surface area contributed by atoms with E-state index in [4.69, 9.17) is 10.8 Å². The third-order valence-electron chi connectivity index (χ3n) is 2.48. The topological polar surface area (TPSA) is 113 Å². The number of nitrogens with two attached hydrogens (primary N) is 1. The molecule has 0 unspecified atom stereocenters. The molecule has 110 valence electrons. The number of aliphatic carboxylic acids is 1. The van der Waals surface area contributed by atoms with Crippen molar-refractivity contribution in [3.05, 3.63) is 0 Å². The van der Waals surface area contributed by atoms with Gasteiger partial charge in [0.2, 0.25) is 5.91 Å². The predicted octanol–water partition coefficient (Wildman–Crippen LogP) is 0.250. The van der Waals surface area contributed by atoms with Gasteiger partial charge in [-0.15, -0.1) is 0 Å². The number of nitrogens with one attached hydrogen (secondary N) is 1. The zero-order valence-electron chi connectivity index (χ0n) is 11.9. The van der Waals surface area contributed by atoms with Gasteiger partial charge < -0.3 is 21.1 Å². The van der Waals surface area contributed by atoms with Gasteiger partial charge in [-0.25, -0.2) is 4.79 Å². The van der Waals surface area contributed by atoms with Crippen LogP contribution in [0.3, 0.4) is 0 Å². The van der Waals surface area contributed by atoms with Crippen LogP contribution in [0.2, 0.25) is 0 Å². The highest BCUT2D eigenvalue weighted by Crippen LogP contribution is 2.13. The zero-order valence-corrected chi connectivity index (χ0v) is 11.9. The monoisotopic (exact) mass is 273 g/mol. The van der Waals surface area contributed by atoms with E-state index in [1.54, 1.807) is 0 Å². The maximum absolute atomic E-state index is 11.9.